The number of rotatable bonds is 3. The molecule has 0 saturated carbocycles. The van der Waals surface area contributed by atoms with Gasteiger partial charge in [-0.3, -0.25) is 10.2 Å². The molecule has 1 aromatic rings. The first kappa shape index (κ1) is 13.1. The molecule has 100 valence electrons. The molecule has 1 amide bonds. The van der Waals surface area contributed by atoms with E-state index >= 15 is 0 Å². The molecule has 1 saturated heterocycles. The van der Waals surface area contributed by atoms with Gasteiger partial charge in [0.25, 0.3) is 0 Å². The Balaban J connectivity index is 2.01. The molecule has 2 rings (SSSR count). The largest absolute Gasteiger partial charge is 0.455 e. The number of hydrogen-bond acceptors (Lipinski definition) is 4. The quantitative estimate of drug-likeness (QED) is 0.856. The van der Waals surface area contributed by atoms with Crippen LogP contribution >= 0.6 is 0 Å². The van der Waals surface area contributed by atoms with E-state index in [-0.39, 0.29) is 5.91 Å². The highest BCUT2D eigenvalue weighted by molar-refractivity contribution is 5.91. The van der Waals surface area contributed by atoms with E-state index in [0.717, 1.165) is 12.8 Å². The van der Waals surface area contributed by atoms with Crippen molar-refractivity contribution in [2.75, 3.05) is 0 Å². The van der Waals surface area contributed by atoms with E-state index in [9.17, 15) is 4.79 Å². The zero-order valence-electron chi connectivity index (χ0n) is 11.0. The third-order valence-electron chi connectivity index (χ3n) is 3.51. The number of furan rings is 1. The Morgan fingerprint density at radius 3 is 2.67 bits per heavy atom. The van der Waals surface area contributed by atoms with E-state index < -0.39 is 0 Å². The van der Waals surface area contributed by atoms with Gasteiger partial charge in [0.15, 0.2) is 5.76 Å². The minimum Gasteiger partial charge on any atom is -0.455 e. The van der Waals surface area contributed by atoms with Crippen LogP contribution in [0.5, 0.6) is 0 Å². The van der Waals surface area contributed by atoms with Gasteiger partial charge in [0.1, 0.15) is 5.76 Å². The molecule has 5 heteroatoms. The smallest absolute Gasteiger partial charge is 0.301 e. The van der Waals surface area contributed by atoms with Crippen LogP contribution in [-0.2, 0) is 6.54 Å². The van der Waals surface area contributed by atoms with E-state index in [0.29, 0.717) is 30.1 Å². The van der Waals surface area contributed by atoms with Crippen molar-refractivity contribution in [2.24, 2.45) is 5.73 Å². The molecule has 1 aliphatic rings. The van der Waals surface area contributed by atoms with Crippen LogP contribution in [0, 0.1) is 0 Å². The number of nitrogens with zero attached hydrogens (tertiary/aromatic N) is 1. The summed E-state index contributed by atoms with van der Waals surface area (Å²) in [5.41, 5.74) is 8.39. The summed E-state index contributed by atoms with van der Waals surface area (Å²) in [5, 5.41) is 2.02. The summed E-state index contributed by atoms with van der Waals surface area (Å²) in [5.74, 6) is 0.746. The van der Waals surface area contributed by atoms with Crippen molar-refractivity contribution in [1.29, 1.82) is 0 Å². The van der Waals surface area contributed by atoms with Crippen molar-refractivity contribution in [1.82, 2.24) is 10.4 Å². The van der Waals surface area contributed by atoms with Crippen molar-refractivity contribution in [3.63, 3.8) is 0 Å². The molecule has 1 fully saturated rings. The molecular weight excluding hydrogens is 230 g/mol. The number of piperidine rings is 1. The predicted molar refractivity (Wildman–Crippen MR) is 68.7 cm³/mol. The van der Waals surface area contributed by atoms with Gasteiger partial charge in [-0.25, -0.2) is 5.01 Å². The summed E-state index contributed by atoms with van der Waals surface area (Å²) in [6, 6.07) is 4.12. The fraction of sp³-hybridized carbons (Fsp3) is 0.615. The zero-order chi connectivity index (χ0) is 13.1. The van der Waals surface area contributed by atoms with Gasteiger partial charge in [-0.15, -0.1) is 0 Å². The lowest BCUT2D eigenvalue weighted by Gasteiger charge is -2.38. The molecule has 2 heterocycles. The number of nitrogens with two attached hydrogens (primary N) is 1. The molecule has 0 radical (unpaired) electrons. The second-order valence-corrected chi connectivity index (χ2v) is 4.95. The predicted octanol–water partition coefficient (Wildman–Crippen LogP) is 1.65. The molecule has 2 unspecified atom stereocenters. The van der Waals surface area contributed by atoms with Crippen LogP contribution in [0.2, 0.25) is 0 Å². The van der Waals surface area contributed by atoms with Crippen LogP contribution in [-0.4, -0.2) is 23.0 Å². The second-order valence-electron chi connectivity index (χ2n) is 4.95. The Morgan fingerprint density at radius 2 is 2.11 bits per heavy atom. The third kappa shape index (κ3) is 2.73. The van der Waals surface area contributed by atoms with E-state index in [1.165, 1.54) is 6.42 Å². The normalized spacial score (nSPS) is 25.1. The van der Waals surface area contributed by atoms with Gasteiger partial charge in [-0.05, 0) is 38.8 Å². The van der Waals surface area contributed by atoms with Gasteiger partial charge in [0.05, 0.1) is 6.54 Å². The van der Waals surface area contributed by atoms with E-state index in [1.54, 1.807) is 12.1 Å². The Morgan fingerprint density at radius 1 is 1.44 bits per heavy atom. The van der Waals surface area contributed by atoms with Crippen LogP contribution in [0.25, 0.3) is 0 Å². The molecule has 0 aromatic carbocycles. The van der Waals surface area contributed by atoms with Gasteiger partial charge in [0.2, 0.25) is 0 Å². The number of carbonyl (C=O) groups excluding carboxylic acids is 1. The number of hydrogen-bond donors (Lipinski definition) is 2. The highest BCUT2D eigenvalue weighted by Crippen LogP contribution is 2.20. The van der Waals surface area contributed by atoms with Crippen LogP contribution in [0.4, 0.5) is 0 Å². The fourth-order valence-corrected chi connectivity index (χ4v) is 2.42. The highest BCUT2D eigenvalue weighted by atomic mass is 16.4. The molecule has 1 aliphatic heterocycles. The van der Waals surface area contributed by atoms with Crippen LogP contribution in [0.15, 0.2) is 16.5 Å². The number of nitrogens with one attached hydrogen (secondary N) is 1. The summed E-state index contributed by atoms with van der Waals surface area (Å²) in [4.78, 5) is 12.0. The van der Waals surface area contributed by atoms with Crippen molar-refractivity contribution >= 4 is 5.91 Å². The summed E-state index contributed by atoms with van der Waals surface area (Å²) >= 11 is 0. The van der Waals surface area contributed by atoms with Gasteiger partial charge in [-0.2, -0.15) is 0 Å². The first-order chi connectivity index (χ1) is 8.61. The van der Waals surface area contributed by atoms with E-state index in [1.807, 2.05) is 5.01 Å². The summed E-state index contributed by atoms with van der Waals surface area (Å²) < 4.78 is 5.34. The average molecular weight is 251 g/mol. The topological polar surface area (TPSA) is 71.5 Å². The summed E-state index contributed by atoms with van der Waals surface area (Å²) in [6.45, 7) is 4.57. The molecule has 18 heavy (non-hydrogen) atoms. The standard InChI is InChI=1S/C13H21N3O2/c1-9-4-3-5-10(2)16(9)15-13(17)12-7-6-11(8-14)18-12/h6-7,9-10H,3-5,8,14H2,1-2H3,(H,15,17). The average Bonchev–Trinajstić information content (AvgIpc) is 2.82. The van der Waals surface area contributed by atoms with Crippen molar-refractivity contribution in [2.45, 2.75) is 51.7 Å². The molecular formula is C13H21N3O2. The van der Waals surface area contributed by atoms with Gasteiger partial charge < -0.3 is 10.2 Å². The highest BCUT2D eigenvalue weighted by Gasteiger charge is 2.27. The van der Waals surface area contributed by atoms with Crippen LogP contribution < -0.4 is 11.2 Å². The minimum absolute atomic E-state index is 0.199. The molecule has 0 bridgehead atoms. The van der Waals surface area contributed by atoms with Gasteiger partial charge in [-0.1, -0.05) is 6.42 Å². The molecule has 5 nitrogen and oxygen atoms in total. The van der Waals surface area contributed by atoms with Crippen molar-refractivity contribution < 1.29 is 9.21 Å². The van der Waals surface area contributed by atoms with Crippen molar-refractivity contribution in [3.8, 4) is 0 Å². The Kier molecular flexibility index (Phi) is 4.04. The number of hydrazine groups is 1. The van der Waals surface area contributed by atoms with Gasteiger partial charge >= 0.3 is 5.91 Å². The molecule has 0 aliphatic carbocycles. The molecule has 3 N–H and O–H groups in total. The van der Waals surface area contributed by atoms with Crippen molar-refractivity contribution in [3.05, 3.63) is 23.7 Å². The van der Waals surface area contributed by atoms with Crippen LogP contribution in [0.1, 0.15) is 49.4 Å². The molecule has 2 atom stereocenters. The second kappa shape index (κ2) is 5.54. The Hall–Kier alpha value is -1.33. The lowest BCUT2D eigenvalue weighted by atomic mass is 10.00. The SMILES string of the molecule is CC1CCCC(C)N1NC(=O)c1ccc(CN)o1. The van der Waals surface area contributed by atoms with E-state index in [2.05, 4.69) is 19.3 Å². The summed E-state index contributed by atoms with van der Waals surface area (Å²) in [7, 11) is 0. The maximum absolute atomic E-state index is 12.0. The minimum atomic E-state index is -0.199. The number of amides is 1. The Labute approximate surface area is 107 Å². The fourth-order valence-electron chi connectivity index (χ4n) is 2.42. The maximum Gasteiger partial charge on any atom is 0.301 e. The van der Waals surface area contributed by atoms with Crippen LogP contribution in [0.3, 0.4) is 0 Å². The first-order valence-electron chi connectivity index (χ1n) is 6.50. The monoisotopic (exact) mass is 251 g/mol. The van der Waals surface area contributed by atoms with E-state index in [4.69, 9.17) is 10.2 Å². The lowest BCUT2D eigenvalue weighted by molar-refractivity contribution is 0.0350. The zero-order valence-corrected chi connectivity index (χ0v) is 11.0. The Bertz CT molecular complexity index is 406. The lowest BCUT2D eigenvalue weighted by Crippen LogP contribution is -2.54. The van der Waals surface area contributed by atoms with Gasteiger partial charge in [0, 0.05) is 12.1 Å². The maximum atomic E-state index is 12.0. The molecule has 0 spiro atoms. The molecule has 1 aromatic heterocycles. The number of carbonyl (C=O) groups is 1. The first-order valence-corrected chi connectivity index (χ1v) is 6.50. The third-order valence-corrected chi connectivity index (χ3v) is 3.51. The summed E-state index contributed by atoms with van der Waals surface area (Å²) in [6.07, 6.45) is 3.43.